The molecule has 2 unspecified atom stereocenters. The summed E-state index contributed by atoms with van der Waals surface area (Å²) in [5.74, 6) is 2.47. The highest BCUT2D eigenvalue weighted by Crippen LogP contribution is 2.35. The zero-order valence-corrected chi connectivity index (χ0v) is 16.9. The molecule has 1 amide bonds. The minimum Gasteiger partial charge on any atom is -0.360 e. The Bertz CT molecular complexity index is 853. The molecule has 7 nitrogen and oxygen atoms in total. The molecular formula is C20H25N5O2S. The zero-order valence-electron chi connectivity index (χ0n) is 16.1. The van der Waals surface area contributed by atoms with Crippen LogP contribution in [0, 0.1) is 12.8 Å². The second kappa shape index (κ2) is 7.40. The van der Waals surface area contributed by atoms with Gasteiger partial charge in [0.15, 0.2) is 5.76 Å². The summed E-state index contributed by atoms with van der Waals surface area (Å²) in [7, 11) is 0. The molecule has 0 bridgehead atoms. The van der Waals surface area contributed by atoms with Crippen LogP contribution in [0.1, 0.15) is 21.8 Å². The van der Waals surface area contributed by atoms with E-state index in [4.69, 9.17) is 8.92 Å². The molecule has 4 heterocycles. The molecule has 0 aromatic carbocycles. The van der Waals surface area contributed by atoms with Crippen molar-refractivity contribution < 1.29 is 9.32 Å². The molecule has 1 saturated heterocycles. The fourth-order valence-corrected chi connectivity index (χ4v) is 5.37. The van der Waals surface area contributed by atoms with Crippen LogP contribution >= 0.6 is 11.9 Å². The van der Waals surface area contributed by atoms with Crippen LogP contribution in [0.5, 0.6) is 0 Å². The third-order valence-electron chi connectivity index (χ3n) is 6.08. The van der Waals surface area contributed by atoms with E-state index in [0.29, 0.717) is 22.4 Å². The molecule has 4 aliphatic rings. The van der Waals surface area contributed by atoms with Crippen molar-refractivity contribution in [3.8, 4) is 0 Å². The predicted molar refractivity (Wildman–Crippen MR) is 109 cm³/mol. The molecule has 28 heavy (non-hydrogen) atoms. The number of hydrogen-bond donors (Lipinski definition) is 0. The highest BCUT2D eigenvalue weighted by Gasteiger charge is 2.35. The Balaban J connectivity index is 1.13. The number of rotatable bonds is 3. The Morgan fingerprint density at radius 3 is 2.82 bits per heavy atom. The number of piperazine rings is 1. The number of amidine groups is 1. The Morgan fingerprint density at radius 2 is 1.96 bits per heavy atom. The fourth-order valence-electron chi connectivity index (χ4n) is 4.40. The van der Waals surface area contributed by atoms with Crippen LogP contribution in [-0.4, -0.2) is 82.7 Å². The van der Waals surface area contributed by atoms with Gasteiger partial charge in [-0.05, 0) is 18.9 Å². The Hall–Kier alpha value is -2.06. The maximum atomic E-state index is 12.7. The van der Waals surface area contributed by atoms with E-state index < -0.39 is 0 Å². The van der Waals surface area contributed by atoms with Gasteiger partial charge in [-0.1, -0.05) is 29.5 Å². The SMILES string of the molecule is Cc1noc2c1C(=O)N(CCN1CCN(C3=NSC4C=CC=CC34)CC1)CC2. The van der Waals surface area contributed by atoms with Crippen molar-refractivity contribution in [2.75, 3.05) is 45.8 Å². The zero-order chi connectivity index (χ0) is 19.1. The highest BCUT2D eigenvalue weighted by atomic mass is 32.2. The number of fused-ring (bicyclic) bond motifs is 2. The van der Waals surface area contributed by atoms with Gasteiger partial charge in [-0.3, -0.25) is 9.69 Å². The Labute approximate surface area is 169 Å². The normalized spacial score (nSPS) is 27.2. The molecule has 3 aliphatic heterocycles. The van der Waals surface area contributed by atoms with E-state index in [1.54, 1.807) is 11.9 Å². The van der Waals surface area contributed by atoms with Crippen molar-refractivity contribution in [3.05, 3.63) is 41.3 Å². The van der Waals surface area contributed by atoms with E-state index in [0.717, 1.165) is 58.0 Å². The number of carbonyl (C=O) groups is 1. The molecule has 1 aromatic heterocycles. The van der Waals surface area contributed by atoms with Gasteiger partial charge in [0, 0.05) is 52.2 Å². The summed E-state index contributed by atoms with van der Waals surface area (Å²) in [4.78, 5) is 19.5. The molecule has 5 rings (SSSR count). The molecule has 2 atom stereocenters. The van der Waals surface area contributed by atoms with Crippen LogP contribution in [0.4, 0.5) is 0 Å². The van der Waals surface area contributed by atoms with Gasteiger partial charge in [-0.25, -0.2) is 4.40 Å². The molecule has 0 N–H and O–H groups in total. The molecule has 1 aliphatic carbocycles. The topological polar surface area (TPSA) is 65.2 Å². The van der Waals surface area contributed by atoms with E-state index in [-0.39, 0.29) is 5.91 Å². The van der Waals surface area contributed by atoms with E-state index in [2.05, 4.69) is 39.3 Å². The van der Waals surface area contributed by atoms with Gasteiger partial charge in [0.2, 0.25) is 0 Å². The van der Waals surface area contributed by atoms with Crippen molar-refractivity contribution in [1.82, 2.24) is 19.9 Å². The van der Waals surface area contributed by atoms with E-state index in [1.165, 1.54) is 5.84 Å². The van der Waals surface area contributed by atoms with Crippen molar-refractivity contribution in [2.45, 2.75) is 18.6 Å². The maximum absolute atomic E-state index is 12.7. The maximum Gasteiger partial charge on any atom is 0.259 e. The predicted octanol–water partition coefficient (Wildman–Crippen LogP) is 1.77. The lowest BCUT2D eigenvalue weighted by molar-refractivity contribution is 0.0697. The average Bonchev–Trinajstić information content (AvgIpc) is 3.32. The first-order chi connectivity index (χ1) is 13.7. The summed E-state index contributed by atoms with van der Waals surface area (Å²) < 4.78 is 10.0. The minimum atomic E-state index is 0.0687. The van der Waals surface area contributed by atoms with Crippen LogP contribution in [-0.2, 0) is 6.42 Å². The lowest BCUT2D eigenvalue weighted by Gasteiger charge is -2.38. The summed E-state index contributed by atoms with van der Waals surface area (Å²) in [6, 6.07) is 0. The van der Waals surface area contributed by atoms with Gasteiger partial charge in [0.1, 0.15) is 11.4 Å². The Morgan fingerprint density at radius 1 is 1.14 bits per heavy atom. The average molecular weight is 400 g/mol. The van der Waals surface area contributed by atoms with Gasteiger partial charge < -0.3 is 14.3 Å². The molecule has 0 radical (unpaired) electrons. The summed E-state index contributed by atoms with van der Waals surface area (Å²) in [5, 5.41) is 4.41. The van der Waals surface area contributed by atoms with Gasteiger partial charge in [-0.15, -0.1) is 0 Å². The molecule has 0 saturated carbocycles. The van der Waals surface area contributed by atoms with Gasteiger partial charge in [0.05, 0.1) is 16.9 Å². The lowest BCUT2D eigenvalue weighted by atomic mass is 9.98. The third kappa shape index (κ3) is 3.18. The van der Waals surface area contributed by atoms with Crippen LogP contribution in [0.25, 0.3) is 0 Å². The van der Waals surface area contributed by atoms with Gasteiger partial charge in [0.25, 0.3) is 5.91 Å². The van der Waals surface area contributed by atoms with E-state index in [1.807, 2.05) is 11.8 Å². The molecule has 0 spiro atoms. The van der Waals surface area contributed by atoms with Crippen LogP contribution < -0.4 is 0 Å². The Kier molecular flexibility index (Phi) is 4.76. The quantitative estimate of drug-likeness (QED) is 0.722. The first kappa shape index (κ1) is 18.0. The number of nitrogens with zero attached hydrogens (tertiary/aromatic N) is 5. The first-order valence-corrected chi connectivity index (χ1v) is 10.8. The summed E-state index contributed by atoms with van der Waals surface area (Å²) in [6.45, 7) is 8.27. The van der Waals surface area contributed by atoms with E-state index >= 15 is 0 Å². The van der Waals surface area contributed by atoms with Crippen LogP contribution in [0.3, 0.4) is 0 Å². The smallest absolute Gasteiger partial charge is 0.259 e. The van der Waals surface area contributed by atoms with Crippen LogP contribution in [0.15, 0.2) is 33.2 Å². The van der Waals surface area contributed by atoms with Crippen LogP contribution in [0.2, 0.25) is 0 Å². The first-order valence-electron chi connectivity index (χ1n) is 10.0. The third-order valence-corrected chi connectivity index (χ3v) is 7.06. The second-order valence-corrected chi connectivity index (χ2v) is 8.69. The van der Waals surface area contributed by atoms with Crippen molar-refractivity contribution >= 4 is 23.7 Å². The number of aryl methyl sites for hydroxylation is 1. The largest absolute Gasteiger partial charge is 0.360 e. The summed E-state index contributed by atoms with van der Waals surface area (Å²) in [6.07, 6.45) is 9.55. The number of hydrogen-bond acceptors (Lipinski definition) is 7. The molecular weight excluding hydrogens is 374 g/mol. The fraction of sp³-hybridized carbons (Fsp3) is 0.550. The molecule has 1 aromatic rings. The lowest BCUT2D eigenvalue weighted by Crippen LogP contribution is -2.52. The second-order valence-electron chi connectivity index (χ2n) is 7.75. The van der Waals surface area contributed by atoms with Crippen molar-refractivity contribution in [2.24, 2.45) is 10.3 Å². The molecule has 8 heteroatoms. The van der Waals surface area contributed by atoms with E-state index in [9.17, 15) is 4.79 Å². The molecule has 1 fully saturated rings. The molecule has 148 valence electrons. The minimum absolute atomic E-state index is 0.0687. The summed E-state index contributed by atoms with van der Waals surface area (Å²) >= 11 is 1.69. The van der Waals surface area contributed by atoms with Gasteiger partial charge >= 0.3 is 0 Å². The van der Waals surface area contributed by atoms with Crippen molar-refractivity contribution in [1.29, 1.82) is 0 Å². The monoisotopic (exact) mass is 399 g/mol. The number of allylic oxidation sites excluding steroid dienone is 2. The van der Waals surface area contributed by atoms with Gasteiger partial charge in [-0.2, -0.15) is 0 Å². The number of amides is 1. The highest BCUT2D eigenvalue weighted by molar-refractivity contribution is 7.99. The van der Waals surface area contributed by atoms with Crippen molar-refractivity contribution in [3.63, 3.8) is 0 Å². The number of carbonyl (C=O) groups excluding carboxylic acids is 1. The standard InChI is InChI=1S/C20H25N5O2S/c1-14-18-16(27-21-14)6-7-25(20(18)26)13-10-23-8-11-24(12-9-23)19-15-4-2-3-5-17(15)28-22-19/h2-5,15,17H,6-13H2,1H3. The summed E-state index contributed by atoms with van der Waals surface area (Å²) in [5.41, 5.74) is 1.38. The number of aromatic nitrogens is 1.